The number of methoxy groups -OCH3 is 1. The molecule has 8 heteroatoms. The number of thioether (sulfide) groups is 1. The molecule has 4 rings (SSSR count). The topological polar surface area (TPSA) is 74.3 Å². The number of carbonyl (C=O) groups excluding carboxylic acids is 1. The molecule has 0 saturated carbocycles. The second-order valence-electron chi connectivity index (χ2n) is 6.07. The van der Waals surface area contributed by atoms with E-state index in [4.69, 9.17) is 16.0 Å². The first kappa shape index (κ1) is 19.3. The molecule has 0 aliphatic heterocycles. The number of ether oxygens (including phenoxy) is 1. The number of carbonyl (C=O) groups is 1. The lowest BCUT2D eigenvalue weighted by atomic mass is 10.2. The normalized spacial score (nSPS) is 11.0. The number of para-hydroxylation sites is 1. The van der Waals surface area contributed by atoms with Crippen LogP contribution in [0.3, 0.4) is 0 Å². The highest BCUT2D eigenvalue weighted by Crippen LogP contribution is 2.26. The second-order valence-corrected chi connectivity index (χ2v) is 7.45. The number of hydrogen-bond donors (Lipinski definition) is 0. The summed E-state index contributed by atoms with van der Waals surface area (Å²) in [7, 11) is 1.29. The maximum absolute atomic E-state index is 13.2. The molecule has 2 aromatic heterocycles. The van der Waals surface area contributed by atoms with Crippen molar-refractivity contribution in [3.63, 3.8) is 0 Å². The molecule has 2 heterocycles. The molecule has 0 aliphatic rings. The van der Waals surface area contributed by atoms with Crippen molar-refractivity contribution in [2.45, 2.75) is 10.9 Å². The summed E-state index contributed by atoms with van der Waals surface area (Å²) in [6.07, 6.45) is 0. The molecule has 0 fully saturated rings. The van der Waals surface area contributed by atoms with Crippen LogP contribution in [0, 0.1) is 0 Å². The Morgan fingerprint density at radius 2 is 1.90 bits per heavy atom. The first-order chi connectivity index (χ1) is 14.1. The molecule has 2 aromatic carbocycles. The molecule has 0 radical (unpaired) electrons. The Morgan fingerprint density at radius 1 is 1.14 bits per heavy atom. The third-order valence-electron chi connectivity index (χ3n) is 4.22. The average molecular weight is 427 g/mol. The summed E-state index contributed by atoms with van der Waals surface area (Å²) in [5.74, 6) is 0.545. The summed E-state index contributed by atoms with van der Waals surface area (Å²) < 4.78 is 11.7. The molecule has 0 atom stereocenters. The van der Waals surface area contributed by atoms with E-state index in [1.165, 1.54) is 18.9 Å². The summed E-state index contributed by atoms with van der Waals surface area (Å²) in [6, 6.07) is 17.4. The Bertz CT molecular complexity index is 1250. The molecule has 0 spiro atoms. The van der Waals surface area contributed by atoms with Crippen molar-refractivity contribution in [1.29, 1.82) is 0 Å². The van der Waals surface area contributed by atoms with E-state index in [9.17, 15) is 9.59 Å². The van der Waals surface area contributed by atoms with Crippen molar-refractivity contribution < 1.29 is 13.9 Å². The lowest BCUT2D eigenvalue weighted by molar-refractivity contribution is 0.0563. The maximum atomic E-state index is 13.2. The number of nitrogens with zero attached hydrogens (tertiary/aromatic N) is 2. The van der Waals surface area contributed by atoms with Gasteiger partial charge >= 0.3 is 5.97 Å². The molecular formula is C21H15ClN2O4S. The van der Waals surface area contributed by atoms with E-state index in [1.807, 2.05) is 12.1 Å². The van der Waals surface area contributed by atoms with Gasteiger partial charge in [0.2, 0.25) is 5.76 Å². The second kappa shape index (κ2) is 8.14. The molecule has 0 bridgehead atoms. The van der Waals surface area contributed by atoms with Crippen molar-refractivity contribution in [2.24, 2.45) is 0 Å². The van der Waals surface area contributed by atoms with Crippen LogP contribution in [-0.2, 0) is 10.5 Å². The molecule has 6 nitrogen and oxygen atoms in total. The van der Waals surface area contributed by atoms with Gasteiger partial charge in [-0.3, -0.25) is 9.36 Å². The van der Waals surface area contributed by atoms with E-state index in [-0.39, 0.29) is 11.3 Å². The van der Waals surface area contributed by atoms with Crippen LogP contribution in [-0.4, -0.2) is 22.6 Å². The van der Waals surface area contributed by atoms with Gasteiger partial charge in [0.05, 0.1) is 29.5 Å². The van der Waals surface area contributed by atoms with Gasteiger partial charge in [-0.15, -0.1) is 0 Å². The van der Waals surface area contributed by atoms with Crippen LogP contribution < -0.4 is 5.56 Å². The van der Waals surface area contributed by atoms with Gasteiger partial charge < -0.3 is 9.15 Å². The quantitative estimate of drug-likeness (QED) is 0.261. The first-order valence-electron chi connectivity index (χ1n) is 8.64. The standard InChI is InChI=1S/C21H15ClN2O4S/c1-27-20(26)18-11-10-15(28-18)12-29-21-23-17-5-3-2-4-16(17)19(25)24(21)14-8-6-13(22)7-9-14/h2-11H,12H2,1H3. The van der Waals surface area contributed by atoms with Crippen molar-refractivity contribution >= 4 is 40.2 Å². The summed E-state index contributed by atoms with van der Waals surface area (Å²) in [5, 5.41) is 1.61. The van der Waals surface area contributed by atoms with E-state index in [0.717, 1.165) is 0 Å². The largest absolute Gasteiger partial charge is 0.463 e. The van der Waals surface area contributed by atoms with Gasteiger partial charge in [0.1, 0.15) is 5.76 Å². The third kappa shape index (κ3) is 3.92. The Balaban J connectivity index is 1.75. The minimum atomic E-state index is -0.539. The van der Waals surface area contributed by atoms with Crippen molar-refractivity contribution in [3.8, 4) is 5.69 Å². The lowest BCUT2D eigenvalue weighted by Gasteiger charge is -2.13. The highest BCUT2D eigenvalue weighted by atomic mass is 35.5. The number of hydrogen-bond acceptors (Lipinski definition) is 6. The molecular weight excluding hydrogens is 412 g/mol. The van der Waals surface area contributed by atoms with Gasteiger partial charge in [-0.05, 0) is 48.5 Å². The lowest BCUT2D eigenvalue weighted by Crippen LogP contribution is -2.21. The highest BCUT2D eigenvalue weighted by molar-refractivity contribution is 7.98. The van der Waals surface area contributed by atoms with Crippen molar-refractivity contribution in [3.05, 3.63) is 87.6 Å². The minimum Gasteiger partial charge on any atom is -0.463 e. The van der Waals surface area contributed by atoms with Gasteiger partial charge in [0.15, 0.2) is 5.16 Å². The van der Waals surface area contributed by atoms with E-state index in [1.54, 1.807) is 53.1 Å². The Morgan fingerprint density at radius 3 is 2.66 bits per heavy atom. The zero-order valence-corrected chi connectivity index (χ0v) is 16.9. The Labute approximate surface area is 175 Å². The number of esters is 1. The summed E-state index contributed by atoms with van der Waals surface area (Å²) in [4.78, 5) is 29.4. The SMILES string of the molecule is COC(=O)c1ccc(CSc2nc3ccccc3c(=O)n2-c2ccc(Cl)cc2)o1. The number of halogens is 1. The monoisotopic (exact) mass is 426 g/mol. The molecule has 0 amide bonds. The number of aromatic nitrogens is 2. The van der Waals surface area contributed by atoms with E-state index in [2.05, 4.69) is 9.72 Å². The number of benzene rings is 2. The van der Waals surface area contributed by atoms with Crippen LogP contribution in [0.25, 0.3) is 16.6 Å². The predicted octanol–water partition coefficient (Wildman–Crippen LogP) is 4.71. The predicted molar refractivity (Wildman–Crippen MR) is 112 cm³/mol. The molecule has 0 saturated heterocycles. The van der Waals surface area contributed by atoms with Crippen molar-refractivity contribution in [1.82, 2.24) is 9.55 Å². The first-order valence-corrected chi connectivity index (χ1v) is 10.0. The summed E-state index contributed by atoms with van der Waals surface area (Å²) >= 11 is 7.33. The van der Waals surface area contributed by atoms with Gasteiger partial charge in [-0.25, -0.2) is 9.78 Å². The maximum Gasteiger partial charge on any atom is 0.373 e. The van der Waals surface area contributed by atoms with Crippen molar-refractivity contribution in [2.75, 3.05) is 7.11 Å². The highest BCUT2D eigenvalue weighted by Gasteiger charge is 2.16. The molecule has 0 aliphatic carbocycles. The van der Waals surface area contributed by atoms with Gasteiger partial charge in [-0.2, -0.15) is 0 Å². The van der Waals surface area contributed by atoms with Crippen LogP contribution in [0.15, 0.2) is 75.0 Å². The van der Waals surface area contributed by atoms with Crippen LogP contribution >= 0.6 is 23.4 Å². The summed E-state index contributed by atoms with van der Waals surface area (Å²) in [6.45, 7) is 0. The molecule has 4 aromatic rings. The van der Waals surface area contributed by atoms with Gasteiger partial charge in [0, 0.05) is 5.02 Å². The van der Waals surface area contributed by atoms with Crippen LogP contribution in [0.2, 0.25) is 5.02 Å². The minimum absolute atomic E-state index is 0.129. The fourth-order valence-electron chi connectivity index (χ4n) is 2.83. The number of fused-ring (bicyclic) bond motifs is 1. The smallest absolute Gasteiger partial charge is 0.373 e. The van der Waals surface area contributed by atoms with Crippen LogP contribution in [0.5, 0.6) is 0 Å². The zero-order valence-electron chi connectivity index (χ0n) is 15.3. The fraction of sp³-hybridized carbons (Fsp3) is 0.0952. The Hall–Kier alpha value is -3.03. The molecule has 146 valence electrons. The molecule has 29 heavy (non-hydrogen) atoms. The number of rotatable bonds is 5. The van der Waals surface area contributed by atoms with Crippen LogP contribution in [0.4, 0.5) is 0 Å². The average Bonchev–Trinajstić information content (AvgIpc) is 3.22. The van der Waals surface area contributed by atoms with E-state index in [0.29, 0.717) is 38.3 Å². The number of furan rings is 1. The Kier molecular flexibility index (Phi) is 5.42. The van der Waals surface area contributed by atoms with E-state index >= 15 is 0 Å². The van der Waals surface area contributed by atoms with E-state index < -0.39 is 5.97 Å². The summed E-state index contributed by atoms with van der Waals surface area (Å²) in [5.41, 5.74) is 1.10. The van der Waals surface area contributed by atoms with Crippen LogP contribution in [0.1, 0.15) is 16.3 Å². The van der Waals surface area contributed by atoms with Gasteiger partial charge in [0.25, 0.3) is 5.56 Å². The molecule has 0 unspecified atom stereocenters. The molecule has 0 N–H and O–H groups in total. The fourth-order valence-corrected chi connectivity index (χ4v) is 3.86. The zero-order chi connectivity index (χ0) is 20.4. The van der Waals surface area contributed by atoms with Gasteiger partial charge in [-0.1, -0.05) is 35.5 Å². The third-order valence-corrected chi connectivity index (χ3v) is 5.43.